The molecule has 0 aliphatic heterocycles. The molecule has 6 N–H and O–H groups in total. The fourth-order valence-corrected chi connectivity index (χ4v) is 20.2. The molecule has 14 aromatic carbocycles. The molecule has 5 heterocycles. The Morgan fingerprint density at radius 2 is 0.622 bits per heavy atom. The molecular formula is C108H102Cl2IN15O13S4. The maximum atomic E-state index is 13.7. The summed E-state index contributed by atoms with van der Waals surface area (Å²) in [7, 11) is -14.9. The Balaban J connectivity index is 0.000000149. The molecule has 0 spiro atoms. The average Bonchev–Trinajstić information content (AvgIpc) is 1.61. The first-order valence-electron chi connectivity index (χ1n) is 45.2. The minimum absolute atomic E-state index is 0.0986. The molecule has 0 unspecified atom stereocenters. The number of benzene rings is 14. The monoisotopic (exact) mass is 2140 g/mol. The topological polar surface area (TPSA) is 380 Å². The first kappa shape index (κ1) is 105. The van der Waals surface area contributed by atoms with Crippen LogP contribution in [0.25, 0.3) is 55.2 Å². The van der Waals surface area contributed by atoms with E-state index in [4.69, 9.17) is 28.5 Å². The number of nitrogens with one attached hydrogen (secondary N) is 6. The van der Waals surface area contributed by atoms with Gasteiger partial charge in [0.05, 0.1) is 106 Å². The van der Waals surface area contributed by atoms with Crippen LogP contribution in [0.3, 0.4) is 0 Å². The number of nitrogens with zero attached hydrogens (tertiary/aromatic N) is 9. The summed E-state index contributed by atoms with van der Waals surface area (Å²) in [5, 5.41) is 3.40. The molecule has 19 rings (SSSR count). The molecule has 0 saturated heterocycles. The van der Waals surface area contributed by atoms with Gasteiger partial charge in [0.15, 0.2) is 0 Å². The number of carbonyl (C=O) groups excluding carboxylic acids is 4. The lowest BCUT2D eigenvalue weighted by atomic mass is 10.2. The lowest BCUT2D eigenvalue weighted by Crippen LogP contribution is -2.30. The SMILES string of the molecule is CC(C)(C)OC(=O)n1c(CCl)nc2ccccc21.ClCc1nc2ccccc2[nH]1.O=Cc1ccc(S(=O)(=O)N(Cc2ccccc2)Cc2nc3ccccc3[nH]2)cc1.O=Cc1ccc(S(=O)(=O)N(Cc2ccccc2)Cc2nc3ccccc3[nH]2)cc1.O=Cc1ccc(S(=O)(=O)NCc2ccccc2)cc1.O=S(=O)(c1ccc(CNCc2ccccc2)cc1)N(Cc1ccccc1)Cc1nc2ccccc2[nH]1.[2H]I. The summed E-state index contributed by atoms with van der Waals surface area (Å²) in [6, 6.07) is 111. The first-order chi connectivity index (χ1) is 69.6. The molecule has 0 amide bonds. The van der Waals surface area contributed by atoms with E-state index in [2.05, 4.69) is 67.0 Å². The van der Waals surface area contributed by atoms with Crippen molar-refractivity contribution in [1.29, 1.82) is 0.594 Å². The van der Waals surface area contributed by atoms with Crippen molar-refractivity contribution in [3.63, 3.8) is 0 Å². The number of hydrogen-bond donors (Lipinski definition) is 6. The third-order valence-corrected chi connectivity index (χ3v) is 29.1. The third-order valence-electron chi connectivity index (χ3n) is 21.8. The smallest absolute Gasteiger partial charge is 0.420 e. The number of sulfonamides is 4. The molecule has 35 heteroatoms. The van der Waals surface area contributed by atoms with E-state index >= 15 is 0 Å². The normalized spacial score (nSPS) is 11.6. The van der Waals surface area contributed by atoms with Gasteiger partial charge in [0, 0.05) is 56.0 Å². The molecule has 0 radical (unpaired) electrons. The van der Waals surface area contributed by atoms with E-state index < -0.39 is 51.8 Å². The van der Waals surface area contributed by atoms with Crippen LogP contribution in [-0.2, 0) is 115 Å². The Bertz CT molecular complexity index is 7600. The van der Waals surface area contributed by atoms with Crippen LogP contribution in [0.2, 0.25) is 0 Å². The van der Waals surface area contributed by atoms with E-state index in [9.17, 15) is 52.8 Å². The van der Waals surface area contributed by atoms with E-state index in [1.54, 1.807) is 12.1 Å². The van der Waals surface area contributed by atoms with Crippen LogP contribution in [0.1, 0.15) is 114 Å². The molecule has 143 heavy (non-hydrogen) atoms. The number of aromatic nitrogens is 10. The Morgan fingerprint density at radius 1 is 0.343 bits per heavy atom. The van der Waals surface area contributed by atoms with Crippen LogP contribution >= 0.6 is 47.0 Å². The second-order valence-corrected chi connectivity index (χ2v) is 41.4. The van der Waals surface area contributed by atoms with Gasteiger partial charge in [0.25, 0.3) is 0 Å². The van der Waals surface area contributed by atoms with Gasteiger partial charge >= 0.3 is 6.09 Å². The zero-order valence-corrected chi connectivity index (χ0v) is 84.8. The van der Waals surface area contributed by atoms with Crippen LogP contribution in [0, 0.1) is 0 Å². The van der Waals surface area contributed by atoms with Crippen LogP contribution in [0.4, 0.5) is 4.79 Å². The summed E-state index contributed by atoms with van der Waals surface area (Å²) in [4.78, 5) is 80.1. The zero-order chi connectivity index (χ0) is 102. The van der Waals surface area contributed by atoms with Crippen LogP contribution < -0.4 is 10.0 Å². The molecule has 0 aliphatic carbocycles. The number of aldehydes is 3. The van der Waals surface area contributed by atoms with Crippen molar-refractivity contribution >= 4 is 167 Å². The third kappa shape index (κ3) is 29.5. The Morgan fingerprint density at radius 3 is 0.944 bits per heavy atom. The molecule has 0 bridgehead atoms. The number of fused-ring (bicyclic) bond motifs is 5. The number of rotatable bonds is 31. The minimum Gasteiger partial charge on any atom is -0.443 e. The predicted octanol–water partition coefficient (Wildman–Crippen LogP) is 21.2. The van der Waals surface area contributed by atoms with Gasteiger partial charge in [-0.2, -0.15) is 12.9 Å². The van der Waals surface area contributed by atoms with Crippen molar-refractivity contribution < 1.29 is 57.6 Å². The summed E-state index contributed by atoms with van der Waals surface area (Å²) in [6.45, 7) is 8.11. The molecule has 0 fully saturated rings. The lowest BCUT2D eigenvalue weighted by Gasteiger charge is -2.21. The van der Waals surface area contributed by atoms with Gasteiger partial charge < -0.3 is 30.0 Å². The van der Waals surface area contributed by atoms with Crippen molar-refractivity contribution in [2.24, 2.45) is 0 Å². The standard InChI is InChI=1S/C29H28N4O2S.2C22H19N3O3S.C14H13NO3S.C13H15ClN2O2.C8H7ClN2.HI/c34-36(35,26-17-15-24(16-18-26)20-30-19-23-9-3-1-4-10-23)33(21-25-11-5-2-6-12-25)22-29-31-27-13-7-8-14-28(27)32-29;2*26-16-18-10-12-19(13-11-18)29(27,28)25(14-17-6-2-1-3-7-17)15-22-23-20-8-4-5-9-21(20)24-22;16-11-13-6-8-14(9-7-13)19(17,18)15-10-12-4-2-1-3-5-12;1-13(2,3)18-12(17)16-10-7-5-4-6-9(10)15-11(16)8-14;9-5-8-10-6-3-1-2-4-7(6)11-8;/h1-18,30H,19-22H2,(H,31,32);2*1-13,16H,14-15H2,(H,23,24);1-9,11,15H,10H2;4-7H,8H2,1-3H3;1-4H,5H2,(H,10,11);1H/i/hD. The van der Waals surface area contributed by atoms with E-state index in [-0.39, 0.29) is 71.3 Å². The first-order valence-corrected chi connectivity index (χ1v) is 51.7. The van der Waals surface area contributed by atoms with Crippen molar-refractivity contribution in [1.82, 2.24) is 72.4 Å². The average molecular weight is 2150 g/mol. The molecule has 19 aromatic rings. The summed E-state index contributed by atoms with van der Waals surface area (Å²) >= 11 is 12.8. The van der Waals surface area contributed by atoms with Gasteiger partial charge in [-0.1, -0.05) is 261 Å². The van der Waals surface area contributed by atoms with Crippen molar-refractivity contribution in [3.8, 4) is 0 Å². The summed E-state index contributed by atoms with van der Waals surface area (Å²) < 4.78 is 124. The molecule has 732 valence electrons. The maximum absolute atomic E-state index is 13.7. The van der Waals surface area contributed by atoms with E-state index in [1.807, 2.05) is 294 Å². The summed E-state index contributed by atoms with van der Waals surface area (Å²) in [5.41, 5.74) is 15.0. The second kappa shape index (κ2) is 50.5. The lowest BCUT2D eigenvalue weighted by molar-refractivity contribution is 0.0539. The van der Waals surface area contributed by atoms with Crippen molar-refractivity contribution in [2.45, 2.75) is 117 Å². The number of hydrogen-bond acceptors (Lipinski definition) is 19. The number of alkyl halides is 2. The Kier molecular flexibility index (Phi) is 36.9. The minimum atomic E-state index is -3.80. The van der Waals surface area contributed by atoms with Crippen molar-refractivity contribution in [3.05, 3.63) is 449 Å². The van der Waals surface area contributed by atoms with Gasteiger partial charge in [0.1, 0.15) is 54.2 Å². The van der Waals surface area contributed by atoms with Gasteiger partial charge in [-0.05, 0) is 163 Å². The predicted molar refractivity (Wildman–Crippen MR) is 568 cm³/mol. The number of halogens is 3. The molecule has 5 aromatic heterocycles. The fraction of sp³-hybridized carbons (Fsp3) is 0.139. The molecule has 0 aliphatic rings. The number of imidazole rings is 5. The Hall–Kier alpha value is -14.2. The number of carbonyl (C=O) groups is 4. The van der Waals surface area contributed by atoms with Gasteiger partial charge in [-0.25, -0.2) is 72.7 Å². The maximum Gasteiger partial charge on any atom is 0.420 e. The molecule has 28 nitrogen and oxygen atoms in total. The van der Waals surface area contributed by atoms with Gasteiger partial charge in [-0.15, -0.1) is 47.0 Å². The van der Waals surface area contributed by atoms with E-state index in [0.717, 1.165) is 89.8 Å². The number of aromatic amines is 4. The van der Waals surface area contributed by atoms with Crippen LogP contribution in [0.5, 0.6) is 0 Å². The van der Waals surface area contributed by atoms with E-state index in [0.29, 0.717) is 76.8 Å². The molecular weight excluding hydrogens is 2040 g/mol. The van der Waals surface area contributed by atoms with Crippen LogP contribution in [-0.4, -0.2) is 127 Å². The van der Waals surface area contributed by atoms with E-state index in [1.165, 1.54) is 120 Å². The quantitative estimate of drug-likeness (QED) is 0.0133. The summed E-state index contributed by atoms with van der Waals surface area (Å²) in [6.07, 6.45) is 1.60. The number of H-pyrrole nitrogens is 4. The van der Waals surface area contributed by atoms with Crippen LogP contribution in [0.15, 0.2) is 390 Å². The highest BCUT2D eigenvalue weighted by atomic mass is 127. The Labute approximate surface area is 856 Å². The highest BCUT2D eigenvalue weighted by Gasteiger charge is 2.31. The number of para-hydroxylation sites is 10. The second-order valence-electron chi connectivity index (χ2n) is 33.3. The molecule has 0 atom stereocenters. The highest BCUT2D eigenvalue weighted by molar-refractivity contribution is 14.0. The van der Waals surface area contributed by atoms with Crippen molar-refractivity contribution in [2.75, 3.05) is 0 Å². The zero-order valence-electron chi connectivity index (χ0n) is 78.8. The fourth-order valence-electron chi connectivity index (χ4n) is 14.7. The summed E-state index contributed by atoms with van der Waals surface area (Å²) in [5.74, 6) is 3.66. The largest absolute Gasteiger partial charge is 0.443 e. The highest BCUT2D eigenvalue weighted by Crippen LogP contribution is 2.29. The number of ether oxygens (including phenoxy) is 1. The van der Waals surface area contributed by atoms with Gasteiger partial charge in [-0.3, -0.25) is 14.4 Å². The van der Waals surface area contributed by atoms with Gasteiger partial charge in [0.2, 0.25) is 40.1 Å². The molecule has 0 saturated carbocycles.